The maximum Gasteiger partial charge on any atom is 0.360 e. The molecule has 0 bridgehead atoms. The summed E-state index contributed by atoms with van der Waals surface area (Å²) in [5, 5.41) is 13.4. The van der Waals surface area contributed by atoms with E-state index in [2.05, 4.69) is 17.2 Å². The van der Waals surface area contributed by atoms with Crippen molar-refractivity contribution in [1.29, 1.82) is 0 Å². The minimum absolute atomic E-state index is 0.138. The predicted octanol–water partition coefficient (Wildman–Crippen LogP) is 2.20. The van der Waals surface area contributed by atoms with Gasteiger partial charge in [-0.2, -0.15) is 4.98 Å². The van der Waals surface area contributed by atoms with Crippen LogP contribution < -0.4 is 5.32 Å². The number of hydrogen-bond donors (Lipinski definition) is 2. The van der Waals surface area contributed by atoms with Crippen LogP contribution in [0.3, 0.4) is 0 Å². The molecule has 6 heteroatoms. The van der Waals surface area contributed by atoms with Crippen LogP contribution in [0.2, 0.25) is 0 Å². The molecule has 112 valence electrons. The average molecular weight is 282 g/mol. The van der Waals surface area contributed by atoms with E-state index >= 15 is 0 Å². The van der Waals surface area contributed by atoms with Crippen LogP contribution in [0.15, 0.2) is 10.7 Å². The summed E-state index contributed by atoms with van der Waals surface area (Å²) in [6, 6.07) is 0.236. The van der Waals surface area contributed by atoms with E-state index in [-0.39, 0.29) is 11.7 Å². The Labute approximate surface area is 118 Å². The molecule has 0 spiro atoms. The van der Waals surface area contributed by atoms with Crippen molar-refractivity contribution in [2.24, 2.45) is 5.92 Å². The van der Waals surface area contributed by atoms with Crippen molar-refractivity contribution in [3.63, 3.8) is 0 Å². The lowest BCUT2D eigenvalue weighted by Gasteiger charge is -2.34. The predicted molar refractivity (Wildman–Crippen MR) is 73.5 cm³/mol. The lowest BCUT2D eigenvalue weighted by molar-refractivity contribution is 0.00460. The Morgan fingerprint density at radius 2 is 2.30 bits per heavy atom. The summed E-state index contributed by atoms with van der Waals surface area (Å²) in [6.07, 6.45) is 4.85. The Bertz CT molecular complexity index is 450. The number of aliphatic hydroxyl groups is 1. The van der Waals surface area contributed by atoms with Crippen LogP contribution in [0.25, 0.3) is 0 Å². The minimum Gasteiger partial charge on any atom is -0.461 e. The summed E-state index contributed by atoms with van der Waals surface area (Å²) in [5.74, 6) is 0.168. The van der Waals surface area contributed by atoms with Crippen LogP contribution in [0.4, 0.5) is 6.01 Å². The number of ether oxygens (including phenoxy) is 1. The van der Waals surface area contributed by atoms with E-state index < -0.39 is 11.6 Å². The molecule has 1 saturated carbocycles. The zero-order valence-corrected chi connectivity index (χ0v) is 12.0. The van der Waals surface area contributed by atoms with Crippen molar-refractivity contribution < 1.29 is 19.1 Å². The number of anilines is 1. The molecule has 20 heavy (non-hydrogen) atoms. The highest BCUT2D eigenvalue weighted by atomic mass is 16.5. The SMILES string of the molecule is CCOC(=O)c1coc(NCC2(O)CCC(C)CC2)n1. The normalized spacial score (nSPS) is 26.2. The summed E-state index contributed by atoms with van der Waals surface area (Å²) in [5.41, 5.74) is -0.580. The van der Waals surface area contributed by atoms with E-state index in [1.54, 1.807) is 6.92 Å². The molecule has 0 unspecified atom stereocenters. The number of rotatable bonds is 5. The van der Waals surface area contributed by atoms with Gasteiger partial charge in [0.1, 0.15) is 6.26 Å². The summed E-state index contributed by atoms with van der Waals surface area (Å²) in [6.45, 7) is 4.61. The van der Waals surface area contributed by atoms with Crippen LogP contribution in [0.1, 0.15) is 50.0 Å². The fraction of sp³-hybridized carbons (Fsp3) is 0.714. The maximum absolute atomic E-state index is 11.4. The lowest BCUT2D eigenvalue weighted by Crippen LogP contribution is -2.40. The Balaban J connectivity index is 1.86. The van der Waals surface area contributed by atoms with Crippen molar-refractivity contribution in [2.45, 2.75) is 45.1 Å². The Morgan fingerprint density at radius 1 is 1.60 bits per heavy atom. The minimum atomic E-state index is -0.717. The number of carbonyl (C=O) groups is 1. The molecule has 0 saturated heterocycles. The first-order valence-corrected chi connectivity index (χ1v) is 7.11. The first-order valence-electron chi connectivity index (χ1n) is 7.11. The molecule has 1 aromatic rings. The van der Waals surface area contributed by atoms with E-state index in [0.29, 0.717) is 19.1 Å². The topological polar surface area (TPSA) is 84.6 Å². The zero-order chi connectivity index (χ0) is 14.6. The number of nitrogens with zero attached hydrogens (tertiary/aromatic N) is 1. The molecule has 0 atom stereocenters. The van der Waals surface area contributed by atoms with Gasteiger partial charge in [-0.05, 0) is 38.5 Å². The molecule has 1 aliphatic rings. The van der Waals surface area contributed by atoms with Gasteiger partial charge in [0.05, 0.1) is 12.2 Å². The molecule has 2 N–H and O–H groups in total. The summed E-state index contributed by atoms with van der Waals surface area (Å²) in [4.78, 5) is 15.4. The monoisotopic (exact) mass is 282 g/mol. The molecule has 0 amide bonds. The van der Waals surface area contributed by atoms with Crippen LogP contribution >= 0.6 is 0 Å². The summed E-state index contributed by atoms with van der Waals surface area (Å²) < 4.78 is 9.98. The fourth-order valence-electron chi connectivity index (χ4n) is 2.37. The number of hydrogen-bond acceptors (Lipinski definition) is 6. The fourth-order valence-corrected chi connectivity index (χ4v) is 2.37. The van der Waals surface area contributed by atoms with Gasteiger partial charge in [-0.3, -0.25) is 0 Å². The molecular formula is C14H22N2O4. The van der Waals surface area contributed by atoms with Gasteiger partial charge in [0.2, 0.25) is 0 Å². The van der Waals surface area contributed by atoms with E-state index in [1.165, 1.54) is 6.26 Å². The number of carbonyl (C=O) groups excluding carboxylic acids is 1. The first-order chi connectivity index (χ1) is 9.52. The number of aromatic nitrogens is 1. The van der Waals surface area contributed by atoms with E-state index in [0.717, 1.165) is 25.7 Å². The van der Waals surface area contributed by atoms with E-state index in [1.807, 2.05) is 0 Å². The van der Waals surface area contributed by atoms with E-state index in [4.69, 9.17) is 9.15 Å². The smallest absolute Gasteiger partial charge is 0.360 e. The second-order valence-corrected chi connectivity index (χ2v) is 5.52. The van der Waals surface area contributed by atoms with Crippen molar-refractivity contribution in [2.75, 3.05) is 18.5 Å². The maximum atomic E-state index is 11.4. The number of esters is 1. The summed E-state index contributed by atoms with van der Waals surface area (Å²) in [7, 11) is 0. The largest absolute Gasteiger partial charge is 0.461 e. The summed E-state index contributed by atoms with van der Waals surface area (Å²) >= 11 is 0. The molecule has 2 rings (SSSR count). The highest BCUT2D eigenvalue weighted by Crippen LogP contribution is 2.31. The molecule has 1 aliphatic carbocycles. The van der Waals surface area contributed by atoms with Crippen LogP contribution in [0, 0.1) is 5.92 Å². The van der Waals surface area contributed by atoms with Gasteiger partial charge in [0.15, 0.2) is 5.69 Å². The second-order valence-electron chi connectivity index (χ2n) is 5.52. The molecule has 0 aliphatic heterocycles. The third-order valence-corrected chi connectivity index (χ3v) is 3.76. The van der Waals surface area contributed by atoms with Crippen LogP contribution in [0.5, 0.6) is 0 Å². The Hall–Kier alpha value is -1.56. The van der Waals surface area contributed by atoms with Gasteiger partial charge in [0, 0.05) is 6.54 Å². The van der Waals surface area contributed by atoms with Gasteiger partial charge in [-0.15, -0.1) is 0 Å². The van der Waals surface area contributed by atoms with Gasteiger partial charge < -0.3 is 19.6 Å². The average Bonchev–Trinajstić information content (AvgIpc) is 2.90. The van der Waals surface area contributed by atoms with Gasteiger partial charge >= 0.3 is 5.97 Å². The van der Waals surface area contributed by atoms with E-state index in [9.17, 15) is 9.90 Å². The van der Waals surface area contributed by atoms with Crippen molar-refractivity contribution in [1.82, 2.24) is 4.98 Å². The third-order valence-electron chi connectivity index (χ3n) is 3.76. The quantitative estimate of drug-likeness (QED) is 0.805. The van der Waals surface area contributed by atoms with Crippen molar-refractivity contribution in [3.8, 4) is 0 Å². The number of oxazole rings is 1. The van der Waals surface area contributed by atoms with Crippen LogP contribution in [-0.2, 0) is 4.74 Å². The zero-order valence-electron chi connectivity index (χ0n) is 12.0. The molecule has 1 fully saturated rings. The molecule has 0 radical (unpaired) electrons. The second kappa shape index (κ2) is 6.26. The highest BCUT2D eigenvalue weighted by Gasteiger charge is 2.32. The highest BCUT2D eigenvalue weighted by molar-refractivity contribution is 5.87. The van der Waals surface area contributed by atoms with Crippen molar-refractivity contribution >= 4 is 12.0 Å². The molecular weight excluding hydrogens is 260 g/mol. The molecule has 1 aromatic heterocycles. The first kappa shape index (κ1) is 14.8. The Kier molecular flexibility index (Phi) is 4.65. The number of nitrogens with one attached hydrogen (secondary N) is 1. The standard InChI is InChI=1S/C14H22N2O4/c1-3-19-12(17)11-8-20-13(16-11)15-9-14(18)6-4-10(2)5-7-14/h8,10,18H,3-7,9H2,1-2H3,(H,15,16). The van der Waals surface area contributed by atoms with Gasteiger partial charge in [0.25, 0.3) is 6.01 Å². The van der Waals surface area contributed by atoms with Crippen molar-refractivity contribution in [3.05, 3.63) is 12.0 Å². The van der Waals surface area contributed by atoms with Gasteiger partial charge in [-0.1, -0.05) is 6.92 Å². The third kappa shape index (κ3) is 3.72. The molecule has 1 heterocycles. The molecule has 0 aromatic carbocycles. The molecule has 6 nitrogen and oxygen atoms in total. The van der Waals surface area contributed by atoms with Gasteiger partial charge in [-0.25, -0.2) is 4.79 Å². The Morgan fingerprint density at radius 3 is 2.95 bits per heavy atom. The van der Waals surface area contributed by atoms with Crippen LogP contribution in [-0.4, -0.2) is 34.8 Å². The lowest BCUT2D eigenvalue weighted by atomic mass is 9.79.